The predicted octanol–water partition coefficient (Wildman–Crippen LogP) is 3.93. The fourth-order valence-electron chi connectivity index (χ4n) is 2.23. The summed E-state index contributed by atoms with van der Waals surface area (Å²) in [7, 11) is 0. The number of hydrogen-bond acceptors (Lipinski definition) is 3. The van der Waals surface area contributed by atoms with E-state index in [1.807, 2.05) is 42.5 Å². The van der Waals surface area contributed by atoms with Crippen LogP contribution in [0.25, 0.3) is 10.9 Å². The maximum absolute atomic E-state index is 6.14. The second-order valence-electron chi connectivity index (χ2n) is 4.73. The Hall–Kier alpha value is -2.10. The van der Waals surface area contributed by atoms with Crippen LogP contribution in [0.4, 0.5) is 0 Å². The van der Waals surface area contributed by atoms with Gasteiger partial charge in [-0.3, -0.25) is 4.98 Å². The Balaban J connectivity index is 1.82. The Morgan fingerprint density at radius 2 is 1.90 bits per heavy atom. The van der Waals surface area contributed by atoms with Gasteiger partial charge in [-0.2, -0.15) is 0 Å². The van der Waals surface area contributed by atoms with E-state index in [0.29, 0.717) is 18.2 Å². The Kier molecular flexibility index (Phi) is 4.04. The molecule has 0 aliphatic heterocycles. The van der Waals surface area contributed by atoms with Gasteiger partial charge in [-0.1, -0.05) is 35.9 Å². The van der Waals surface area contributed by atoms with Crippen molar-refractivity contribution in [2.75, 3.05) is 0 Å². The molecule has 3 aromatic rings. The van der Waals surface area contributed by atoms with Crippen molar-refractivity contribution in [3.63, 3.8) is 0 Å². The SMILES string of the molecule is NCc1ccc(OCc2ccnc3ccccc23)cc1Cl. The topological polar surface area (TPSA) is 48.1 Å². The Labute approximate surface area is 128 Å². The number of aromatic nitrogens is 1. The molecule has 0 fully saturated rings. The van der Waals surface area contributed by atoms with E-state index in [0.717, 1.165) is 27.8 Å². The molecule has 0 saturated carbocycles. The van der Waals surface area contributed by atoms with Crippen LogP contribution in [0.5, 0.6) is 5.75 Å². The van der Waals surface area contributed by atoms with Gasteiger partial charge in [0.2, 0.25) is 0 Å². The first-order valence-electron chi connectivity index (χ1n) is 6.72. The van der Waals surface area contributed by atoms with Crippen molar-refractivity contribution < 1.29 is 4.74 Å². The van der Waals surface area contributed by atoms with Crippen molar-refractivity contribution in [2.45, 2.75) is 13.2 Å². The second kappa shape index (κ2) is 6.12. The van der Waals surface area contributed by atoms with Crippen LogP contribution in [-0.2, 0) is 13.2 Å². The zero-order chi connectivity index (χ0) is 14.7. The summed E-state index contributed by atoms with van der Waals surface area (Å²) < 4.78 is 5.83. The van der Waals surface area contributed by atoms with Crippen LogP contribution in [0.15, 0.2) is 54.7 Å². The highest BCUT2D eigenvalue weighted by Crippen LogP contribution is 2.24. The molecule has 0 atom stereocenters. The number of pyridine rings is 1. The van der Waals surface area contributed by atoms with Crippen LogP contribution < -0.4 is 10.5 Å². The van der Waals surface area contributed by atoms with E-state index in [1.165, 1.54) is 0 Å². The second-order valence-corrected chi connectivity index (χ2v) is 5.14. The Morgan fingerprint density at radius 1 is 1.05 bits per heavy atom. The monoisotopic (exact) mass is 298 g/mol. The van der Waals surface area contributed by atoms with E-state index in [2.05, 4.69) is 4.98 Å². The first-order chi connectivity index (χ1) is 10.3. The summed E-state index contributed by atoms with van der Waals surface area (Å²) in [6, 6.07) is 15.6. The minimum absolute atomic E-state index is 0.425. The number of halogens is 1. The number of ether oxygens (including phenoxy) is 1. The normalized spacial score (nSPS) is 10.8. The van der Waals surface area contributed by atoms with Gasteiger partial charge in [-0.15, -0.1) is 0 Å². The van der Waals surface area contributed by atoms with Gasteiger partial charge < -0.3 is 10.5 Å². The Morgan fingerprint density at radius 3 is 2.71 bits per heavy atom. The molecule has 4 heteroatoms. The molecule has 3 rings (SSSR count). The molecule has 3 nitrogen and oxygen atoms in total. The molecule has 0 unspecified atom stereocenters. The van der Waals surface area contributed by atoms with Gasteiger partial charge in [-0.05, 0) is 29.8 Å². The number of nitrogens with zero attached hydrogens (tertiary/aromatic N) is 1. The number of nitrogens with two attached hydrogens (primary N) is 1. The molecule has 0 radical (unpaired) electrons. The summed E-state index contributed by atoms with van der Waals surface area (Å²) in [6.45, 7) is 0.898. The van der Waals surface area contributed by atoms with Crippen molar-refractivity contribution in [1.29, 1.82) is 0 Å². The molecule has 0 bridgehead atoms. The zero-order valence-electron chi connectivity index (χ0n) is 11.4. The molecule has 1 heterocycles. The van der Waals surface area contributed by atoms with E-state index in [-0.39, 0.29) is 0 Å². The number of rotatable bonds is 4. The highest BCUT2D eigenvalue weighted by molar-refractivity contribution is 6.31. The van der Waals surface area contributed by atoms with Crippen molar-refractivity contribution >= 4 is 22.5 Å². The van der Waals surface area contributed by atoms with E-state index in [4.69, 9.17) is 22.1 Å². The number of hydrogen-bond donors (Lipinski definition) is 1. The van der Waals surface area contributed by atoms with E-state index in [1.54, 1.807) is 12.3 Å². The molecule has 21 heavy (non-hydrogen) atoms. The summed E-state index contributed by atoms with van der Waals surface area (Å²) in [5.74, 6) is 0.734. The van der Waals surface area contributed by atoms with Gasteiger partial charge in [0.25, 0.3) is 0 Å². The lowest BCUT2D eigenvalue weighted by molar-refractivity contribution is 0.307. The minimum atomic E-state index is 0.425. The van der Waals surface area contributed by atoms with Crippen molar-refractivity contribution in [3.8, 4) is 5.75 Å². The third-order valence-corrected chi connectivity index (χ3v) is 3.73. The smallest absolute Gasteiger partial charge is 0.121 e. The van der Waals surface area contributed by atoms with Crippen LogP contribution in [0, 0.1) is 0 Å². The van der Waals surface area contributed by atoms with Crippen molar-refractivity contribution in [2.24, 2.45) is 5.73 Å². The molecule has 0 saturated heterocycles. The van der Waals surface area contributed by atoms with Crippen LogP contribution in [0.2, 0.25) is 5.02 Å². The molecule has 106 valence electrons. The molecular weight excluding hydrogens is 284 g/mol. The maximum atomic E-state index is 6.14. The van der Waals surface area contributed by atoms with E-state index < -0.39 is 0 Å². The standard InChI is InChI=1S/C17H15ClN2O/c18-16-9-14(6-5-12(16)10-19)21-11-13-7-8-20-17-4-2-1-3-15(13)17/h1-9H,10-11,19H2. The predicted molar refractivity (Wildman–Crippen MR) is 85.4 cm³/mol. The van der Waals surface area contributed by atoms with Gasteiger partial charge in [0.1, 0.15) is 12.4 Å². The van der Waals surface area contributed by atoms with Gasteiger partial charge >= 0.3 is 0 Å². The quantitative estimate of drug-likeness (QED) is 0.794. The summed E-state index contributed by atoms with van der Waals surface area (Å²) in [6.07, 6.45) is 1.80. The third-order valence-electron chi connectivity index (χ3n) is 3.38. The van der Waals surface area contributed by atoms with Crippen LogP contribution in [-0.4, -0.2) is 4.98 Å². The minimum Gasteiger partial charge on any atom is -0.489 e. The van der Waals surface area contributed by atoms with Crippen LogP contribution in [0.1, 0.15) is 11.1 Å². The summed E-state index contributed by atoms with van der Waals surface area (Å²) in [4.78, 5) is 4.34. The fourth-order valence-corrected chi connectivity index (χ4v) is 2.47. The zero-order valence-corrected chi connectivity index (χ0v) is 12.2. The lowest BCUT2D eigenvalue weighted by Gasteiger charge is -2.10. The lowest BCUT2D eigenvalue weighted by Crippen LogP contribution is -1.99. The first kappa shape index (κ1) is 13.9. The molecule has 0 amide bonds. The molecule has 2 aromatic carbocycles. The average Bonchev–Trinajstić information content (AvgIpc) is 2.53. The number of para-hydroxylation sites is 1. The molecule has 0 spiro atoms. The molecule has 0 aliphatic carbocycles. The molecular formula is C17H15ClN2O. The highest BCUT2D eigenvalue weighted by atomic mass is 35.5. The van der Waals surface area contributed by atoms with Gasteiger partial charge in [-0.25, -0.2) is 0 Å². The van der Waals surface area contributed by atoms with Crippen LogP contribution in [0.3, 0.4) is 0 Å². The number of benzene rings is 2. The summed E-state index contributed by atoms with van der Waals surface area (Å²) in [5, 5.41) is 1.74. The summed E-state index contributed by atoms with van der Waals surface area (Å²) >= 11 is 6.14. The highest BCUT2D eigenvalue weighted by Gasteiger charge is 2.04. The Bertz CT molecular complexity index is 768. The third kappa shape index (κ3) is 2.99. The van der Waals surface area contributed by atoms with Gasteiger partial charge in [0.05, 0.1) is 5.52 Å². The van der Waals surface area contributed by atoms with E-state index in [9.17, 15) is 0 Å². The molecule has 1 aromatic heterocycles. The van der Waals surface area contributed by atoms with E-state index >= 15 is 0 Å². The van der Waals surface area contributed by atoms with Crippen molar-refractivity contribution in [1.82, 2.24) is 4.98 Å². The average molecular weight is 299 g/mol. The van der Waals surface area contributed by atoms with Crippen molar-refractivity contribution in [3.05, 3.63) is 70.9 Å². The summed E-state index contributed by atoms with van der Waals surface area (Å²) in [5.41, 5.74) is 8.58. The maximum Gasteiger partial charge on any atom is 0.121 e. The largest absolute Gasteiger partial charge is 0.489 e. The fraction of sp³-hybridized carbons (Fsp3) is 0.118. The van der Waals surface area contributed by atoms with Gasteiger partial charge in [0, 0.05) is 28.7 Å². The molecule has 0 aliphatic rings. The lowest BCUT2D eigenvalue weighted by atomic mass is 10.1. The van der Waals surface area contributed by atoms with Crippen LogP contribution >= 0.6 is 11.6 Å². The first-order valence-corrected chi connectivity index (χ1v) is 7.09. The number of fused-ring (bicyclic) bond motifs is 1. The molecule has 2 N–H and O–H groups in total. The van der Waals surface area contributed by atoms with Gasteiger partial charge in [0.15, 0.2) is 0 Å².